The summed E-state index contributed by atoms with van der Waals surface area (Å²) < 4.78 is 5.79. The summed E-state index contributed by atoms with van der Waals surface area (Å²) in [7, 11) is 0. The molecule has 0 unspecified atom stereocenters. The Bertz CT molecular complexity index is 521. The van der Waals surface area contributed by atoms with Crippen LogP contribution < -0.4 is 4.90 Å². The van der Waals surface area contributed by atoms with Crippen molar-refractivity contribution in [1.82, 2.24) is 0 Å². The number of carbonyl (C=O) groups is 2. The van der Waals surface area contributed by atoms with Crippen molar-refractivity contribution in [3.8, 4) is 0 Å². The Balaban J connectivity index is 2.18. The molecule has 0 saturated carbocycles. The van der Waals surface area contributed by atoms with Gasteiger partial charge in [0, 0.05) is 17.4 Å². The molecule has 0 aromatic heterocycles. The van der Waals surface area contributed by atoms with E-state index in [-0.39, 0.29) is 18.3 Å². The Kier molecular flexibility index (Phi) is 4.47. The molecule has 0 radical (unpaired) electrons. The van der Waals surface area contributed by atoms with Crippen LogP contribution in [0.25, 0.3) is 0 Å². The molecule has 6 heteroatoms. The van der Waals surface area contributed by atoms with Crippen LogP contribution in [0.3, 0.4) is 0 Å². The van der Waals surface area contributed by atoms with Crippen molar-refractivity contribution >= 4 is 45.1 Å². The van der Waals surface area contributed by atoms with Gasteiger partial charge in [-0.2, -0.15) is 0 Å². The molecule has 1 fully saturated rings. The van der Waals surface area contributed by atoms with Gasteiger partial charge in [-0.3, -0.25) is 9.59 Å². The van der Waals surface area contributed by atoms with Gasteiger partial charge >= 0.3 is 5.97 Å². The van der Waals surface area contributed by atoms with Crippen LogP contribution in [-0.2, 0) is 14.3 Å². The molecular formula is C13H13BrClNO3. The SMILES string of the molecule is CCOC(=O)[C@H]1CC(=O)N(c2ccc(Br)cc2Cl)C1. The summed E-state index contributed by atoms with van der Waals surface area (Å²) in [6, 6.07) is 5.30. The highest BCUT2D eigenvalue weighted by atomic mass is 79.9. The molecule has 2 rings (SSSR count). The van der Waals surface area contributed by atoms with Crippen LogP contribution in [0.2, 0.25) is 5.02 Å². The van der Waals surface area contributed by atoms with Gasteiger partial charge in [0.1, 0.15) is 0 Å². The molecular weight excluding hydrogens is 334 g/mol. The topological polar surface area (TPSA) is 46.6 Å². The third-order valence-electron chi connectivity index (χ3n) is 2.95. The highest BCUT2D eigenvalue weighted by Crippen LogP contribution is 2.33. The average Bonchev–Trinajstić information content (AvgIpc) is 2.72. The maximum absolute atomic E-state index is 12.0. The van der Waals surface area contributed by atoms with Gasteiger partial charge in [0.15, 0.2) is 0 Å². The number of rotatable bonds is 3. The highest BCUT2D eigenvalue weighted by Gasteiger charge is 2.36. The lowest BCUT2D eigenvalue weighted by molar-refractivity contribution is -0.147. The number of carbonyl (C=O) groups excluding carboxylic acids is 2. The molecule has 1 aromatic rings. The summed E-state index contributed by atoms with van der Waals surface area (Å²) in [6.45, 7) is 2.39. The van der Waals surface area contributed by atoms with Crippen molar-refractivity contribution in [2.75, 3.05) is 18.1 Å². The zero-order valence-corrected chi connectivity index (χ0v) is 12.7. The molecule has 1 heterocycles. The van der Waals surface area contributed by atoms with E-state index in [2.05, 4.69) is 15.9 Å². The van der Waals surface area contributed by atoms with Gasteiger partial charge in [-0.25, -0.2) is 0 Å². The van der Waals surface area contributed by atoms with Crippen molar-refractivity contribution in [3.05, 3.63) is 27.7 Å². The summed E-state index contributed by atoms with van der Waals surface area (Å²) in [5, 5.41) is 0.479. The molecule has 1 atom stereocenters. The van der Waals surface area contributed by atoms with E-state index in [1.54, 1.807) is 19.1 Å². The van der Waals surface area contributed by atoms with Crippen molar-refractivity contribution in [1.29, 1.82) is 0 Å². The second kappa shape index (κ2) is 5.92. The number of benzene rings is 1. The van der Waals surface area contributed by atoms with Gasteiger partial charge in [0.05, 0.1) is 23.2 Å². The van der Waals surface area contributed by atoms with Crippen molar-refractivity contribution in [3.63, 3.8) is 0 Å². The Hall–Kier alpha value is -1.07. The minimum atomic E-state index is -0.410. The summed E-state index contributed by atoms with van der Waals surface area (Å²) in [5.74, 6) is -0.846. The molecule has 102 valence electrons. The van der Waals surface area contributed by atoms with Crippen LogP contribution in [0.4, 0.5) is 5.69 Å². The summed E-state index contributed by atoms with van der Waals surface area (Å²) in [6.07, 6.45) is 0.172. The van der Waals surface area contributed by atoms with Gasteiger partial charge in [-0.1, -0.05) is 27.5 Å². The maximum Gasteiger partial charge on any atom is 0.311 e. The van der Waals surface area contributed by atoms with Crippen molar-refractivity contribution in [2.24, 2.45) is 5.92 Å². The van der Waals surface area contributed by atoms with Crippen LogP contribution >= 0.6 is 27.5 Å². The smallest absolute Gasteiger partial charge is 0.311 e. The summed E-state index contributed by atoms with van der Waals surface area (Å²) in [4.78, 5) is 25.2. The van der Waals surface area contributed by atoms with Crippen LogP contribution in [0, 0.1) is 5.92 Å². The van der Waals surface area contributed by atoms with Crippen molar-refractivity contribution in [2.45, 2.75) is 13.3 Å². The molecule has 1 aliphatic heterocycles. The van der Waals surface area contributed by atoms with Gasteiger partial charge in [0.25, 0.3) is 0 Å². The monoisotopic (exact) mass is 345 g/mol. The molecule has 4 nitrogen and oxygen atoms in total. The molecule has 0 spiro atoms. The molecule has 0 N–H and O–H groups in total. The van der Waals surface area contributed by atoms with Gasteiger partial charge in [-0.05, 0) is 25.1 Å². The Morgan fingerprint density at radius 1 is 1.58 bits per heavy atom. The first-order chi connectivity index (χ1) is 9.02. The first kappa shape index (κ1) is 14.3. The van der Waals surface area contributed by atoms with E-state index in [1.807, 2.05) is 6.07 Å². The van der Waals surface area contributed by atoms with E-state index in [0.717, 1.165) is 4.47 Å². The number of nitrogens with zero attached hydrogens (tertiary/aromatic N) is 1. The van der Waals surface area contributed by atoms with Crippen LogP contribution in [0.5, 0.6) is 0 Å². The number of halogens is 2. The average molecular weight is 347 g/mol. The Labute approximate surface area is 124 Å². The van der Waals surface area contributed by atoms with E-state index in [4.69, 9.17) is 16.3 Å². The predicted octanol–water partition coefficient (Wildman–Crippen LogP) is 3.02. The fraction of sp³-hybridized carbons (Fsp3) is 0.385. The fourth-order valence-electron chi connectivity index (χ4n) is 2.06. The van der Waals surface area contributed by atoms with Crippen LogP contribution in [0.1, 0.15) is 13.3 Å². The van der Waals surface area contributed by atoms with Gasteiger partial charge in [0.2, 0.25) is 5.91 Å². The van der Waals surface area contributed by atoms with Crippen LogP contribution in [-0.4, -0.2) is 25.0 Å². The normalized spacial score (nSPS) is 18.8. The standard InChI is InChI=1S/C13H13BrClNO3/c1-2-19-13(18)8-5-12(17)16(7-8)11-4-3-9(14)6-10(11)15/h3-4,6,8H,2,5,7H2,1H3/t8-/m0/s1. The predicted molar refractivity (Wildman–Crippen MR) is 76.2 cm³/mol. The molecule has 1 amide bonds. The molecule has 1 aliphatic rings. The molecule has 1 aromatic carbocycles. The number of ether oxygens (including phenoxy) is 1. The maximum atomic E-state index is 12.0. The number of hydrogen-bond donors (Lipinski definition) is 0. The Morgan fingerprint density at radius 2 is 2.32 bits per heavy atom. The van der Waals surface area contributed by atoms with Gasteiger partial charge < -0.3 is 9.64 Å². The molecule has 1 saturated heterocycles. The van der Waals surface area contributed by atoms with E-state index in [1.165, 1.54) is 4.90 Å². The lowest BCUT2D eigenvalue weighted by Gasteiger charge is -2.18. The highest BCUT2D eigenvalue weighted by molar-refractivity contribution is 9.10. The van der Waals surface area contributed by atoms with Crippen LogP contribution in [0.15, 0.2) is 22.7 Å². The lowest BCUT2D eigenvalue weighted by Crippen LogP contribution is -2.26. The largest absolute Gasteiger partial charge is 0.466 e. The second-order valence-electron chi connectivity index (χ2n) is 4.25. The quantitative estimate of drug-likeness (QED) is 0.790. The third kappa shape index (κ3) is 3.09. The summed E-state index contributed by atoms with van der Waals surface area (Å²) in [5.41, 5.74) is 0.627. The molecule has 0 aliphatic carbocycles. The van der Waals surface area contributed by atoms with E-state index in [9.17, 15) is 9.59 Å². The third-order valence-corrected chi connectivity index (χ3v) is 3.74. The van der Waals surface area contributed by atoms with Crippen molar-refractivity contribution < 1.29 is 14.3 Å². The molecule has 19 heavy (non-hydrogen) atoms. The van der Waals surface area contributed by atoms with E-state index >= 15 is 0 Å². The number of hydrogen-bond acceptors (Lipinski definition) is 3. The Morgan fingerprint density at radius 3 is 2.95 bits per heavy atom. The fourth-order valence-corrected chi connectivity index (χ4v) is 2.83. The minimum Gasteiger partial charge on any atom is -0.466 e. The number of esters is 1. The number of amides is 1. The first-order valence-corrected chi connectivity index (χ1v) is 7.12. The minimum absolute atomic E-state index is 0.109. The zero-order valence-electron chi connectivity index (χ0n) is 10.4. The van der Waals surface area contributed by atoms with E-state index in [0.29, 0.717) is 23.9 Å². The number of anilines is 1. The lowest BCUT2D eigenvalue weighted by atomic mass is 10.1. The summed E-state index contributed by atoms with van der Waals surface area (Å²) >= 11 is 9.44. The molecule has 0 bridgehead atoms. The second-order valence-corrected chi connectivity index (χ2v) is 5.58. The van der Waals surface area contributed by atoms with Gasteiger partial charge in [-0.15, -0.1) is 0 Å². The zero-order chi connectivity index (χ0) is 14.0. The van der Waals surface area contributed by atoms with E-state index < -0.39 is 5.92 Å². The first-order valence-electron chi connectivity index (χ1n) is 5.95.